The standard InChI is InChI=1S/C45H29N3/c1-3-9-30(10-4-1)34-18-24-42-38(28-34)39-29-35(31-11-5-2-6-12-31)19-25-43(39)47(42)37-21-15-32(16-22-37)33-17-23-41-36(27-33)20-26-45-46-40-13-7-8-14-44(40)48(41)45/h1-29H. The predicted molar refractivity (Wildman–Crippen MR) is 201 cm³/mol. The monoisotopic (exact) mass is 611 g/mol. The van der Waals surface area contributed by atoms with E-state index in [1.54, 1.807) is 0 Å². The van der Waals surface area contributed by atoms with E-state index < -0.39 is 0 Å². The van der Waals surface area contributed by atoms with E-state index in [2.05, 4.69) is 179 Å². The summed E-state index contributed by atoms with van der Waals surface area (Å²) in [5.74, 6) is 0. The number of pyridine rings is 1. The zero-order chi connectivity index (χ0) is 31.6. The second-order valence-corrected chi connectivity index (χ2v) is 12.5. The van der Waals surface area contributed by atoms with E-state index >= 15 is 0 Å². The van der Waals surface area contributed by atoms with E-state index in [9.17, 15) is 0 Å². The highest BCUT2D eigenvalue weighted by Gasteiger charge is 2.15. The quantitative estimate of drug-likeness (QED) is 0.194. The number of benzene rings is 7. The summed E-state index contributed by atoms with van der Waals surface area (Å²) >= 11 is 0. The molecule has 0 saturated carbocycles. The van der Waals surface area contributed by atoms with Crippen LogP contribution in [0, 0.1) is 0 Å². The summed E-state index contributed by atoms with van der Waals surface area (Å²) in [5, 5.41) is 3.69. The molecule has 0 N–H and O–H groups in total. The van der Waals surface area contributed by atoms with Crippen molar-refractivity contribution in [3.05, 3.63) is 176 Å². The number of para-hydroxylation sites is 2. The van der Waals surface area contributed by atoms with Gasteiger partial charge in [-0.25, -0.2) is 4.98 Å². The third-order valence-electron chi connectivity index (χ3n) is 9.71. The van der Waals surface area contributed by atoms with Crippen LogP contribution >= 0.6 is 0 Å². The van der Waals surface area contributed by atoms with Gasteiger partial charge in [0.2, 0.25) is 0 Å². The first-order valence-electron chi connectivity index (χ1n) is 16.4. The molecule has 0 atom stereocenters. The Labute approximate surface area is 277 Å². The van der Waals surface area contributed by atoms with Crippen LogP contribution < -0.4 is 0 Å². The first kappa shape index (κ1) is 26.7. The van der Waals surface area contributed by atoms with Crippen LogP contribution in [0.5, 0.6) is 0 Å². The van der Waals surface area contributed by atoms with Gasteiger partial charge >= 0.3 is 0 Å². The molecule has 0 fully saturated rings. The second-order valence-electron chi connectivity index (χ2n) is 12.5. The molecule has 224 valence electrons. The maximum atomic E-state index is 4.82. The summed E-state index contributed by atoms with van der Waals surface area (Å²) in [5.41, 5.74) is 15.1. The van der Waals surface area contributed by atoms with Crippen molar-refractivity contribution < 1.29 is 0 Å². The van der Waals surface area contributed by atoms with E-state index in [1.165, 1.54) is 60.6 Å². The van der Waals surface area contributed by atoms with Gasteiger partial charge in [0, 0.05) is 16.5 Å². The first-order chi connectivity index (χ1) is 23.8. The molecule has 10 aromatic rings. The first-order valence-corrected chi connectivity index (χ1v) is 16.4. The molecule has 48 heavy (non-hydrogen) atoms. The van der Waals surface area contributed by atoms with Crippen LogP contribution in [0.3, 0.4) is 0 Å². The van der Waals surface area contributed by atoms with E-state index in [1.807, 2.05) is 6.07 Å². The van der Waals surface area contributed by atoms with Gasteiger partial charge in [-0.3, -0.25) is 4.40 Å². The average Bonchev–Trinajstić information content (AvgIpc) is 3.71. The van der Waals surface area contributed by atoms with Gasteiger partial charge in [0.05, 0.1) is 27.6 Å². The predicted octanol–water partition coefficient (Wildman–Crippen LogP) is 11.7. The van der Waals surface area contributed by atoms with Crippen LogP contribution in [-0.4, -0.2) is 14.0 Å². The minimum atomic E-state index is 0.971. The molecule has 3 heterocycles. The van der Waals surface area contributed by atoms with Gasteiger partial charge in [0.1, 0.15) is 5.65 Å². The molecule has 0 unspecified atom stereocenters. The Morgan fingerprint density at radius 2 is 0.875 bits per heavy atom. The highest BCUT2D eigenvalue weighted by Crippen LogP contribution is 2.38. The molecule has 0 aliphatic rings. The number of rotatable bonds is 4. The summed E-state index contributed by atoms with van der Waals surface area (Å²) in [7, 11) is 0. The zero-order valence-electron chi connectivity index (χ0n) is 26.1. The summed E-state index contributed by atoms with van der Waals surface area (Å²) in [6, 6.07) is 63.4. The third-order valence-corrected chi connectivity index (χ3v) is 9.71. The minimum absolute atomic E-state index is 0.971. The largest absolute Gasteiger partial charge is 0.309 e. The molecule has 3 nitrogen and oxygen atoms in total. The number of imidazole rings is 1. The number of hydrogen-bond donors (Lipinski definition) is 0. The fraction of sp³-hybridized carbons (Fsp3) is 0. The highest BCUT2D eigenvalue weighted by atomic mass is 15.0. The molecule has 3 heteroatoms. The van der Waals surface area contributed by atoms with Gasteiger partial charge < -0.3 is 4.57 Å². The van der Waals surface area contributed by atoms with E-state index in [0.717, 1.165) is 27.9 Å². The summed E-state index contributed by atoms with van der Waals surface area (Å²) in [6.45, 7) is 0. The third kappa shape index (κ3) is 4.18. The van der Waals surface area contributed by atoms with Crippen molar-refractivity contribution in [2.45, 2.75) is 0 Å². The molecule has 0 amide bonds. The van der Waals surface area contributed by atoms with Crippen LogP contribution in [0.2, 0.25) is 0 Å². The molecule has 0 bridgehead atoms. The van der Waals surface area contributed by atoms with Crippen molar-refractivity contribution in [2.24, 2.45) is 0 Å². The molecule has 7 aromatic carbocycles. The Morgan fingerprint density at radius 3 is 1.52 bits per heavy atom. The number of nitrogens with zero attached hydrogens (tertiary/aromatic N) is 3. The summed E-state index contributed by atoms with van der Waals surface area (Å²) in [6.07, 6.45) is 0. The molecule has 0 spiro atoms. The lowest BCUT2D eigenvalue weighted by molar-refractivity contribution is 1.18. The van der Waals surface area contributed by atoms with E-state index in [-0.39, 0.29) is 0 Å². The summed E-state index contributed by atoms with van der Waals surface area (Å²) in [4.78, 5) is 4.82. The molecular weight excluding hydrogens is 583 g/mol. The van der Waals surface area contributed by atoms with Gasteiger partial charge in [-0.1, -0.05) is 103 Å². The smallest absolute Gasteiger partial charge is 0.138 e. The fourth-order valence-electron chi connectivity index (χ4n) is 7.37. The molecule has 10 rings (SSSR count). The SMILES string of the molecule is c1ccc(-c2ccc3c(c2)c2cc(-c4ccccc4)ccc2n3-c2ccc(-c3ccc4c(ccc5nc6ccccc6n54)c3)cc2)cc1. The number of fused-ring (bicyclic) bond motifs is 8. The molecule has 0 saturated heterocycles. The maximum absolute atomic E-state index is 4.82. The lowest BCUT2D eigenvalue weighted by Gasteiger charge is -2.11. The van der Waals surface area contributed by atoms with Crippen molar-refractivity contribution in [2.75, 3.05) is 0 Å². The zero-order valence-corrected chi connectivity index (χ0v) is 26.1. The molecule has 0 aliphatic carbocycles. The van der Waals surface area contributed by atoms with Crippen LogP contribution in [0.4, 0.5) is 0 Å². The van der Waals surface area contributed by atoms with Crippen molar-refractivity contribution in [3.8, 4) is 39.1 Å². The van der Waals surface area contributed by atoms with Crippen molar-refractivity contribution >= 4 is 49.4 Å². The normalized spacial score (nSPS) is 11.8. The van der Waals surface area contributed by atoms with Gasteiger partial charge in [-0.05, 0) is 112 Å². The van der Waals surface area contributed by atoms with Crippen LogP contribution in [0.15, 0.2) is 176 Å². The Morgan fingerprint density at radius 1 is 0.354 bits per heavy atom. The molecule has 0 radical (unpaired) electrons. The Balaban J connectivity index is 1.10. The van der Waals surface area contributed by atoms with Gasteiger partial charge in [0.25, 0.3) is 0 Å². The van der Waals surface area contributed by atoms with Crippen molar-refractivity contribution in [3.63, 3.8) is 0 Å². The number of aromatic nitrogens is 3. The Hall–Kier alpha value is -6.45. The summed E-state index contributed by atoms with van der Waals surface area (Å²) < 4.78 is 4.66. The van der Waals surface area contributed by atoms with Crippen molar-refractivity contribution in [1.29, 1.82) is 0 Å². The van der Waals surface area contributed by atoms with E-state index in [4.69, 9.17) is 4.98 Å². The second kappa shape index (κ2) is 10.5. The fourth-order valence-corrected chi connectivity index (χ4v) is 7.37. The van der Waals surface area contributed by atoms with Crippen LogP contribution in [0.25, 0.3) is 88.5 Å². The Kier molecular flexibility index (Phi) is 5.87. The maximum Gasteiger partial charge on any atom is 0.138 e. The average molecular weight is 612 g/mol. The lowest BCUT2D eigenvalue weighted by Crippen LogP contribution is -1.94. The molecule has 3 aromatic heterocycles. The highest BCUT2D eigenvalue weighted by molar-refractivity contribution is 6.11. The Bertz CT molecular complexity index is 2710. The van der Waals surface area contributed by atoms with Crippen LogP contribution in [-0.2, 0) is 0 Å². The number of hydrogen-bond acceptors (Lipinski definition) is 1. The minimum Gasteiger partial charge on any atom is -0.309 e. The molecule has 0 aliphatic heterocycles. The van der Waals surface area contributed by atoms with Gasteiger partial charge in [0.15, 0.2) is 0 Å². The van der Waals surface area contributed by atoms with Crippen LogP contribution in [0.1, 0.15) is 0 Å². The van der Waals surface area contributed by atoms with Gasteiger partial charge in [-0.15, -0.1) is 0 Å². The van der Waals surface area contributed by atoms with Gasteiger partial charge in [-0.2, -0.15) is 0 Å². The van der Waals surface area contributed by atoms with Crippen molar-refractivity contribution in [1.82, 2.24) is 14.0 Å². The topological polar surface area (TPSA) is 22.2 Å². The lowest BCUT2D eigenvalue weighted by atomic mass is 10.0. The molecular formula is C45H29N3. The van der Waals surface area contributed by atoms with E-state index in [0.29, 0.717) is 0 Å².